The molecule has 0 aliphatic carbocycles. The van der Waals surface area contributed by atoms with E-state index in [-0.39, 0.29) is 5.82 Å². The van der Waals surface area contributed by atoms with Crippen molar-refractivity contribution in [3.63, 3.8) is 0 Å². The maximum Gasteiger partial charge on any atom is 0.137 e. The molecule has 0 amide bonds. The number of ether oxygens (including phenoxy) is 1. The first kappa shape index (κ1) is 13.9. The summed E-state index contributed by atoms with van der Waals surface area (Å²) in [6.45, 7) is 4.20. The summed E-state index contributed by atoms with van der Waals surface area (Å²) in [5.74, 6) is 0.511. The summed E-state index contributed by atoms with van der Waals surface area (Å²) in [6, 6.07) is 8.63. The summed E-state index contributed by atoms with van der Waals surface area (Å²) < 4.78 is 19.6. The van der Waals surface area contributed by atoms with E-state index in [0.717, 1.165) is 22.4 Å². The largest absolute Gasteiger partial charge is 0.488 e. The minimum Gasteiger partial charge on any atom is -0.488 e. The summed E-state index contributed by atoms with van der Waals surface area (Å²) in [4.78, 5) is 0. The van der Waals surface area contributed by atoms with E-state index in [1.165, 1.54) is 6.07 Å². The van der Waals surface area contributed by atoms with Gasteiger partial charge in [-0.05, 0) is 59.1 Å². The topological polar surface area (TPSA) is 35.2 Å². The van der Waals surface area contributed by atoms with Gasteiger partial charge in [-0.25, -0.2) is 4.39 Å². The molecule has 0 fully saturated rings. The molecule has 0 saturated heterocycles. The van der Waals surface area contributed by atoms with E-state index in [1.54, 1.807) is 6.07 Å². The fraction of sp³-hybridized carbons (Fsp3) is 0.200. The Morgan fingerprint density at radius 3 is 2.47 bits per heavy atom. The normalized spacial score (nSPS) is 10.5. The van der Waals surface area contributed by atoms with Crippen LogP contribution in [0.25, 0.3) is 0 Å². The van der Waals surface area contributed by atoms with Crippen LogP contribution in [0.15, 0.2) is 34.8 Å². The van der Waals surface area contributed by atoms with Crippen LogP contribution in [-0.4, -0.2) is 0 Å². The molecule has 2 rings (SSSR count). The zero-order chi connectivity index (χ0) is 14.0. The second-order valence-corrected chi connectivity index (χ2v) is 5.28. The fourth-order valence-corrected chi connectivity index (χ4v) is 2.40. The summed E-state index contributed by atoms with van der Waals surface area (Å²) in [5, 5.41) is 0. The van der Waals surface area contributed by atoms with Crippen molar-refractivity contribution in [2.24, 2.45) is 0 Å². The number of hydrogen-bond acceptors (Lipinski definition) is 2. The van der Waals surface area contributed by atoms with Gasteiger partial charge in [0, 0.05) is 11.3 Å². The number of halogens is 2. The van der Waals surface area contributed by atoms with E-state index in [4.69, 9.17) is 10.5 Å². The molecule has 100 valence electrons. The lowest BCUT2D eigenvalue weighted by Crippen LogP contribution is -2.01. The van der Waals surface area contributed by atoms with Crippen LogP contribution in [0.1, 0.15) is 16.7 Å². The van der Waals surface area contributed by atoms with Crippen LogP contribution in [0.4, 0.5) is 10.1 Å². The zero-order valence-electron chi connectivity index (χ0n) is 10.8. The van der Waals surface area contributed by atoms with Crippen molar-refractivity contribution >= 4 is 21.6 Å². The average Bonchev–Trinajstić information content (AvgIpc) is 2.33. The van der Waals surface area contributed by atoms with E-state index >= 15 is 0 Å². The minimum absolute atomic E-state index is 0.285. The monoisotopic (exact) mass is 323 g/mol. The van der Waals surface area contributed by atoms with Crippen LogP contribution >= 0.6 is 15.9 Å². The SMILES string of the molecule is Cc1cc(N)cc(C)c1OCc1cccc(F)c1Br. The molecule has 0 heterocycles. The molecule has 0 radical (unpaired) electrons. The molecule has 2 nitrogen and oxygen atoms in total. The molecule has 2 N–H and O–H groups in total. The number of aryl methyl sites for hydroxylation is 2. The van der Waals surface area contributed by atoms with E-state index < -0.39 is 0 Å². The van der Waals surface area contributed by atoms with Crippen LogP contribution in [-0.2, 0) is 6.61 Å². The van der Waals surface area contributed by atoms with E-state index in [9.17, 15) is 4.39 Å². The van der Waals surface area contributed by atoms with Gasteiger partial charge in [0.2, 0.25) is 0 Å². The molecule has 2 aromatic rings. The molecular weight excluding hydrogens is 309 g/mol. The first-order valence-corrected chi connectivity index (χ1v) is 6.70. The third kappa shape index (κ3) is 3.07. The Labute approximate surface area is 120 Å². The highest BCUT2D eigenvalue weighted by Crippen LogP contribution is 2.28. The second-order valence-electron chi connectivity index (χ2n) is 4.49. The number of anilines is 1. The van der Waals surface area contributed by atoms with Crippen LogP contribution in [0.3, 0.4) is 0 Å². The van der Waals surface area contributed by atoms with Gasteiger partial charge in [0.15, 0.2) is 0 Å². The molecule has 0 aliphatic rings. The fourth-order valence-electron chi connectivity index (χ4n) is 2.02. The number of nitrogens with two attached hydrogens (primary N) is 1. The molecular formula is C15H15BrFNO. The molecule has 0 saturated carbocycles. The Bertz CT molecular complexity index is 590. The lowest BCUT2D eigenvalue weighted by Gasteiger charge is -2.14. The van der Waals surface area contributed by atoms with Gasteiger partial charge in [0.25, 0.3) is 0 Å². The highest BCUT2D eigenvalue weighted by Gasteiger charge is 2.09. The highest BCUT2D eigenvalue weighted by molar-refractivity contribution is 9.10. The maximum absolute atomic E-state index is 13.4. The van der Waals surface area contributed by atoms with Gasteiger partial charge in [0.1, 0.15) is 18.2 Å². The molecule has 0 aromatic heterocycles. The first-order chi connectivity index (χ1) is 8.99. The Morgan fingerprint density at radius 2 is 1.84 bits per heavy atom. The Balaban J connectivity index is 2.22. The molecule has 4 heteroatoms. The van der Waals surface area contributed by atoms with Crippen molar-refractivity contribution < 1.29 is 9.13 Å². The quantitative estimate of drug-likeness (QED) is 0.851. The van der Waals surface area contributed by atoms with Gasteiger partial charge in [-0.15, -0.1) is 0 Å². The highest BCUT2D eigenvalue weighted by atomic mass is 79.9. The van der Waals surface area contributed by atoms with Crippen molar-refractivity contribution in [3.05, 3.63) is 57.3 Å². The molecule has 0 unspecified atom stereocenters. The van der Waals surface area contributed by atoms with Crippen LogP contribution in [0.2, 0.25) is 0 Å². The smallest absolute Gasteiger partial charge is 0.137 e. The Morgan fingerprint density at radius 1 is 1.21 bits per heavy atom. The van der Waals surface area contributed by atoms with Gasteiger partial charge in [-0.1, -0.05) is 12.1 Å². The van der Waals surface area contributed by atoms with Crippen molar-refractivity contribution in [3.8, 4) is 5.75 Å². The van der Waals surface area contributed by atoms with Crippen molar-refractivity contribution in [2.75, 3.05) is 5.73 Å². The van der Waals surface area contributed by atoms with E-state index in [0.29, 0.717) is 16.8 Å². The first-order valence-electron chi connectivity index (χ1n) is 5.91. The third-order valence-electron chi connectivity index (χ3n) is 2.89. The van der Waals surface area contributed by atoms with Crippen molar-refractivity contribution in [1.29, 1.82) is 0 Å². The van der Waals surface area contributed by atoms with Gasteiger partial charge in [-0.2, -0.15) is 0 Å². The predicted molar refractivity (Wildman–Crippen MR) is 78.8 cm³/mol. The molecule has 0 atom stereocenters. The van der Waals surface area contributed by atoms with Crippen molar-refractivity contribution in [2.45, 2.75) is 20.5 Å². The number of nitrogen functional groups attached to an aromatic ring is 1. The molecule has 0 aliphatic heterocycles. The minimum atomic E-state index is -0.285. The van der Waals surface area contributed by atoms with Gasteiger partial charge < -0.3 is 10.5 Å². The Hall–Kier alpha value is -1.55. The summed E-state index contributed by atoms with van der Waals surface area (Å²) in [6.07, 6.45) is 0. The van der Waals surface area contributed by atoms with Crippen LogP contribution in [0.5, 0.6) is 5.75 Å². The lowest BCUT2D eigenvalue weighted by atomic mass is 10.1. The zero-order valence-corrected chi connectivity index (χ0v) is 12.4. The van der Waals surface area contributed by atoms with Crippen LogP contribution < -0.4 is 10.5 Å². The van der Waals surface area contributed by atoms with E-state index in [1.807, 2.05) is 32.0 Å². The molecule has 0 bridgehead atoms. The summed E-state index contributed by atoms with van der Waals surface area (Å²) in [5.41, 5.74) is 9.21. The standard InChI is InChI=1S/C15H15BrFNO/c1-9-6-12(18)7-10(2)15(9)19-8-11-4-3-5-13(17)14(11)16/h3-7H,8,18H2,1-2H3. The molecule has 19 heavy (non-hydrogen) atoms. The third-order valence-corrected chi connectivity index (χ3v) is 3.77. The van der Waals surface area contributed by atoms with Crippen LogP contribution in [0, 0.1) is 19.7 Å². The average molecular weight is 324 g/mol. The van der Waals surface area contributed by atoms with Gasteiger partial charge in [-0.3, -0.25) is 0 Å². The lowest BCUT2D eigenvalue weighted by molar-refractivity contribution is 0.300. The van der Waals surface area contributed by atoms with Crippen molar-refractivity contribution in [1.82, 2.24) is 0 Å². The number of hydrogen-bond donors (Lipinski definition) is 1. The number of rotatable bonds is 3. The Kier molecular flexibility index (Phi) is 4.10. The van der Waals surface area contributed by atoms with Gasteiger partial charge in [0.05, 0.1) is 4.47 Å². The maximum atomic E-state index is 13.4. The summed E-state index contributed by atoms with van der Waals surface area (Å²) >= 11 is 3.23. The number of benzene rings is 2. The predicted octanol–water partition coefficient (Wildman–Crippen LogP) is 4.37. The van der Waals surface area contributed by atoms with E-state index in [2.05, 4.69) is 15.9 Å². The molecule has 2 aromatic carbocycles. The molecule has 0 spiro atoms. The summed E-state index contributed by atoms with van der Waals surface area (Å²) in [7, 11) is 0. The van der Waals surface area contributed by atoms with Gasteiger partial charge >= 0.3 is 0 Å². The second kappa shape index (κ2) is 5.61.